The predicted octanol–water partition coefficient (Wildman–Crippen LogP) is 2.90. The SMILES string of the molecule is C=CCN1CCc2ccccc2C1=O.CC. The Morgan fingerprint density at radius 3 is 2.75 bits per heavy atom. The lowest BCUT2D eigenvalue weighted by atomic mass is 9.99. The summed E-state index contributed by atoms with van der Waals surface area (Å²) in [6.45, 7) is 9.10. The largest absolute Gasteiger partial charge is 0.335 e. The predicted molar refractivity (Wildman–Crippen MR) is 67.6 cm³/mol. The van der Waals surface area contributed by atoms with Crippen LogP contribution in [0.15, 0.2) is 36.9 Å². The highest BCUT2D eigenvalue weighted by molar-refractivity contribution is 5.96. The Hall–Kier alpha value is -1.57. The zero-order chi connectivity index (χ0) is 12.0. The molecule has 0 fully saturated rings. The summed E-state index contributed by atoms with van der Waals surface area (Å²) in [7, 11) is 0. The van der Waals surface area contributed by atoms with Crippen molar-refractivity contribution in [2.24, 2.45) is 0 Å². The maximum atomic E-state index is 11.9. The summed E-state index contributed by atoms with van der Waals surface area (Å²) in [5.41, 5.74) is 2.01. The molecule has 0 saturated heterocycles. The first-order chi connectivity index (χ1) is 7.83. The third-order valence-electron chi connectivity index (χ3n) is 2.54. The van der Waals surface area contributed by atoms with Crippen molar-refractivity contribution in [3.05, 3.63) is 48.0 Å². The van der Waals surface area contributed by atoms with Gasteiger partial charge in [0.05, 0.1) is 0 Å². The van der Waals surface area contributed by atoms with Gasteiger partial charge in [-0.15, -0.1) is 6.58 Å². The molecule has 0 bridgehead atoms. The van der Waals surface area contributed by atoms with Gasteiger partial charge >= 0.3 is 0 Å². The van der Waals surface area contributed by atoms with E-state index in [1.54, 1.807) is 6.08 Å². The molecule has 1 aromatic carbocycles. The monoisotopic (exact) mass is 217 g/mol. The van der Waals surface area contributed by atoms with Gasteiger partial charge < -0.3 is 4.90 Å². The first kappa shape index (κ1) is 12.5. The van der Waals surface area contributed by atoms with E-state index in [2.05, 4.69) is 6.58 Å². The van der Waals surface area contributed by atoms with Gasteiger partial charge in [0.25, 0.3) is 5.91 Å². The summed E-state index contributed by atoms with van der Waals surface area (Å²) >= 11 is 0. The van der Waals surface area contributed by atoms with Crippen LogP contribution < -0.4 is 0 Å². The van der Waals surface area contributed by atoms with Gasteiger partial charge in [0.15, 0.2) is 0 Å². The summed E-state index contributed by atoms with van der Waals surface area (Å²) in [4.78, 5) is 13.7. The maximum Gasteiger partial charge on any atom is 0.254 e. The van der Waals surface area contributed by atoms with Crippen molar-refractivity contribution < 1.29 is 4.79 Å². The fourth-order valence-corrected chi connectivity index (χ4v) is 1.80. The quantitative estimate of drug-likeness (QED) is 0.697. The van der Waals surface area contributed by atoms with Crippen LogP contribution in [0.5, 0.6) is 0 Å². The second kappa shape index (κ2) is 6.11. The van der Waals surface area contributed by atoms with E-state index >= 15 is 0 Å². The van der Waals surface area contributed by atoms with Crippen LogP contribution in [0.3, 0.4) is 0 Å². The molecule has 0 radical (unpaired) electrons. The molecule has 0 N–H and O–H groups in total. The minimum Gasteiger partial charge on any atom is -0.335 e. The smallest absolute Gasteiger partial charge is 0.254 e. The van der Waals surface area contributed by atoms with Crippen LogP contribution in [-0.4, -0.2) is 23.9 Å². The number of hydrogen-bond acceptors (Lipinski definition) is 1. The van der Waals surface area contributed by atoms with Crippen molar-refractivity contribution in [3.8, 4) is 0 Å². The summed E-state index contributed by atoms with van der Waals surface area (Å²) in [5.74, 6) is 0.131. The molecule has 0 atom stereocenters. The highest BCUT2D eigenvalue weighted by atomic mass is 16.2. The summed E-state index contributed by atoms with van der Waals surface area (Å²) in [6.07, 6.45) is 2.72. The van der Waals surface area contributed by atoms with Gasteiger partial charge in [0.1, 0.15) is 0 Å². The van der Waals surface area contributed by atoms with Crippen molar-refractivity contribution in [3.63, 3.8) is 0 Å². The number of carbonyl (C=O) groups is 1. The maximum absolute atomic E-state index is 11.9. The molecule has 2 nitrogen and oxygen atoms in total. The van der Waals surface area contributed by atoms with E-state index in [1.807, 2.05) is 43.0 Å². The van der Waals surface area contributed by atoms with Gasteiger partial charge in [0, 0.05) is 18.7 Å². The average molecular weight is 217 g/mol. The van der Waals surface area contributed by atoms with Gasteiger partial charge in [-0.25, -0.2) is 0 Å². The molecule has 1 aliphatic heterocycles. The number of rotatable bonds is 2. The molecule has 0 spiro atoms. The molecule has 16 heavy (non-hydrogen) atoms. The zero-order valence-corrected chi connectivity index (χ0v) is 10.1. The van der Waals surface area contributed by atoms with Crippen LogP contribution in [0.2, 0.25) is 0 Å². The van der Waals surface area contributed by atoms with E-state index in [-0.39, 0.29) is 5.91 Å². The zero-order valence-electron chi connectivity index (χ0n) is 10.1. The van der Waals surface area contributed by atoms with E-state index in [9.17, 15) is 4.79 Å². The Labute approximate surface area is 97.6 Å². The van der Waals surface area contributed by atoms with E-state index in [4.69, 9.17) is 0 Å². The summed E-state index contributed by atoms with van der Waals surface area (Å²) in [6, 6.07) is 7.81. The second-order valence-corrected chi connectivity index (χ2v) is 3.45. The van der Waals surface area contributed by atoms with Crippen molar-refractivity contribution in [1.29, 1.82) is 0 Å². The summed E-state index contributed by atoms with van der Waals surface area (Å²) in [5, 5.41) is 0. The molecular weight excluding hydrogens is 198 g/mol. The molecule has 2 heteroatoms. The van der Waals surface area contributed by atoms with E-state index in [0.717, 1.165) is 24.1 Å². The molecule has 86 valence electrons. The lowest BCUT2D eigenvalue weighted by molar-refractivity contribution is 0.0759. The number of fused-ring (bicyclic) bond motifs is 1. The first-order valence-corrected chi connectivity index (χ1v) is 5.81. The third-order valence-corrected chi connectivity index (χ3v) is 2.54. The molecule has 0 aromatic heterocycles. The number of hydrogen-bond donors (Lipinski definition) is 0. The van der Waals surface area contributed by atoms with Crippen molar-refractivity contribution in [1.82, 2.24) is 4.90 Å². The average Bonchev–Trinajstić information content (AvgIpc) is 2.36. The van der Waals surface area contributed by atoms with Gasteiger partial charge in [-0.3, -0.25) is 4.79 Å². The molecule has 0 saturated carbocycles. The number of amides is 1. The number of carbonyl (C=O) groups excluding carboxylic acids is 1. The van der Waals surface area contributed by atoms with Gasteiger partial charge in [0.2, 0.25) is 0 Å². The van der Waals surface area contributed by atoms with Gasteiger partial charge in [-0.2, -0.15) is 0 Å². The normalized spacial score (nSPS) is 13.6. The van der Waals surface area contributed by atoms with Crippen LogP contribution in [0, 0.1) is 0 Å². The molecular formula is C14H19NO. The van der Waals surface area contributed by atoms with Crippen LogP contribution in [0.4, 0.5) is 0 Å². The van der Waals surface area contributed by atoms with Crippen LogP contribution in [0.25, 0.3) is 0 Å². The lowest BCUT2D eigenvalue weighted by Crippen LogP contribution is -2.37. The molecule has 1 aromatic rings. The third kappa shape index (κ3) is 2.51. The molecule has 0 aliphatic carbocycles. The second-order valence-electron chi connectivity index (χ2n) is 3.45. The standard InChI is InChI=1S/C12H13NO.C2H6/c1-2-8-13-9-7-10-5-3-4-6-11(10)12(13)14;1-2/h2-6H,1,7-9H2;1-2H3. The van der Waals surface area contributed by atoms with Crippen LogP contribution in [0.1, 0.15) is 29.8 Å². The highest BCUT2D eigenvalue weighted by Crippen LogP contribution is 2.17. The molecule has 1 aliphatic rings. The minimum absolute atomic E-state index is 0.131. The fourth-order valence-electron chi connectivity index (χ4n) is 1.80. The molecule has 2 rings (SSSR count). The summed E-state index contributed by atoms with van der Waals surface area (Å²) < 4.78 is 0. The molecule has 1 heterocycles. The first-order valence-electron chi connectivity index (χ1n) is 5.81. The molecule has 0 unspecified atom stereocenters. The van der Waals surface area contributed by atoms with Crippen molar-refractivity contribution in [2.45, 2.75) is 20.3 Å². The topological polar surface area (TPSA) is 20.3 Å². The Bertz CT molecular complexity index is 371. The van der Waals surface area contributed by atoms with Crippen molar-refractivity contribution >= 4 is 5.91 Å². The van der Waals surface area contributed by atoms with Crippen LogP contribution >= 0.6 is 0 Å². The number of benzene rings is 1. The Balaban J connectivity index is 0.000000606. The van der Waals surface area contributed by atoms with Crippen molar-refractivity contribution in [2.75, 3.05) is 13.1 Å². The Morgan fingerprint density at radius 1 is 1.38 bits per heavy atom. The van der Waals surface area contributed by atoms with Crippen LogP contribution in [-0.2, 0) is 6.42 Å². The van der Waals surface area contributed by atoms with E-state index < -0.39 is 0 Å². The van der Waals surface area contributed by atoms with E-state index in [1.165, 1.54) is 0 Å². The molecule has 1 amide bonds. The van der Waals surface area contributed by atoms with Gasteiger partial charge in [-0.05, 0) is 18.1 Å². The Kier molecular flexibility index (Phi) is 4.77. The van der Waals surface area contributed by atoms with E-state index in [0.29, 0.717) is 6.54 Å². The van der Waals surface area contributed by atoms with Gasteiger partial charge in [-0.1, -0.05) is 38.1 Å². The lowest BCUT2D eigenvalue weighted by Gasteiger charge is -2.27. The fraction of sp³-hybridized carbons (Fsp3) is 0.357. The highest BCUT2D eigenvalue weighted by Gasteiger charge is 2.22. The Morgan fingerprint density at radius 2 is 2.06 bits per heavy atom. The number of nitrogens with zero attached hydrogens (tertiary/aromatic N) is 1. The minimum atomic E-state index is 0.131.